The van der Waals surface area contributed by atoms with Gasteiger partial charge in [-0.3, -0.25) is 4.90 Å². The summed E-state index contributed by atoms with van der Waals surface area (Å²) in [6, 6.07) is 6.07. The van der Waals surface area contributed by atoms with E-state index in [9.17, 15) is 0 Å². The third kappa shape index (κ3) is 3.60. The minimum Gasteiger partial charge on any atom is -0.395 e. The molecule has 0 aliphatic carbocycles. The molecule has 5 heteroatoms. The van der Waals surface area contributed by atoms with E-state index >= 15 is 0 Å². The van der Waals surface area contributed by atoms with Crippen LogP contribution in [0.2, 0.25) is 5.02 Å². The number of rotatable bonds is 4. The van der Waals surface area contributed by atoms with Gasteiger partial charge in [0.15, 0.2) is 0 Å². The molecule has 1 aromatic carbocycles. The van der Waals surface area contributed by atoms with Crippen LogP contribution in [0.5, 0.6) is 0 Å². The zero-order valence-electron chi connectivity index (χ0n) is 11.3. The molecule has 0 spiro atoms. The van der Waals surface area contributed by atoms with Crippen molar-refractivity contribution in [3.05, 3.63) is 28.8 Å². The first-order valence-electron chi connectivity index (χ1n) is 6.75. The van der Waals surface area contributed by atoms with Gasteiger partial charge < -0.3 is 15.7 Å². The number of hydrogen-bond acceptors (Lipinski definition) is 4. The lowest BCUT2D eigenvalue weighted by Crippen LogP contribution is -2.47. The number of β-amino-alcohol motifs (C(OH)–C–C–N with tert-alkyl or cyclic N) is 1. The van der Waals surface area contributed by atoms with Crippen LogP contribution in [0.15, 0.2) is 18.2 Å². The van der Waals surface area contributed by atoms with E-state index in [2.05, 4.69) is 15.9 Å². The molecular weight excluding hydrogens is 262 g/mol. The van der Waals surface area contributed by atoms with Gasteiger partial charge in [0.25, 0.3) is 0 Å². The van der Waals surface area contributed by atoms with Gasteiger partial charge in [-0.1, -0.05) is 17.7 Å². The Hall–Kier alpha value is -0.810. The predicted molar refractivity (Wildman–Crippen MR) is 79.8 cm³/mol. The van der Waals surface area contributed by atoms with Gasteiger partial charge in [-0.05, 0) is 24.6 Å². The van der Waals surface area contributed by atoms with Gasteiger partial charge in [-0.2, -0.15) is 0 Å². The number of halogens is 1. The van der Waals surface area contributed by atoms with Crippen LogP contribution in [-0.4, -0.2) is 49.3 Å². The smallest absolute Gasteiger partial charge is 0.0642 e. The Morgan fingerprint density at radius 3 is 2.53 bits per heavy atom. The van der Waals surface area contributed by atoms with Crippen molar-refractivity contribution in [1.29, 1.82) is 0 Å². The fourth-order valence-corrected chi connectivity index (χ4v) is 2.73. The average molecular weight is 284 g/mol. The van der Waals surface area contributed by atoms with E-state index in [0.29, 0.717) is 0 Å². The molecule has 0 aromatic heterocycles. The zero-order chi connectivity index (χ0) is 13.8. The standard InChI is InChI=1S/C14H22ClN3O/c1-11(16)12-2-3-14(13(15)10-12)18-6-4-17(5-7-18)8-9-19/h2-3,10-11,19H,4-9,16H2,1H3/t11-/m0/s1. The molecule has 0 amide bonds. The molecule has 3 N–H and O–H groups in total. The Bertz CT molecular complexity index is 417. The molecule has 1 atom stereocenters. The highest BCUT2D eigenvalue weighted by molar-refractivity contribution is 6.33. The average Bonchev–Trinajstić information content (AvgIpc) is 2.40. The van der Waals surface area contributed by atoms with Gasteiger partial charge in [0.05, 0.1) is 17.3 Å². The summed E-state index contributed by atoms with van der Waals surface area (Å²) in [7, 11) is 0. The van der Waals surface area contributed by atoms with Crippen molar-refractivity contribution in [1.82, 2.24) is 4.90 Å². The van der Waals surface area contributed by atoms with E-state index < -0.39 is 0 Å². The number of nitrogens with two attached hydrogens (primary N) is 1. The second kappa shape index (κ2) is 6.57. The molecule has 1 aliphatic heterocycles. The summed E-state index contributed by atoms with van der Waals surface area (Å²) >= 11 is 6.35. The zero-order valence-corrected chi connectivity index (χ0v) is 12.1. The van der Waals surface area contributed by atoms with Crippen molar-refractivity contribution in [3.63, 3.8) is 0 Å². The van der Waals surface area contributed by atoms with Gasteiger partial charge in [0, 0.05) is 38.8 Å². The van der Waals surface area contributed by atoms with E-state index in [-0.39, 0.29) is 12.6 Å². The molecule has 1 heterocycles. The fourth-order valence-electron chi connectivity index (χ4n) is 2.42. The van der Waals surface area contributed by atoms with E-state index in [1.54, 1.807) is 0 Å². The minimum atomic E-state index is 0.00736. The van der Waals surface area contributed by atoms with Crippen molar-refractivity contribution in [2.24, 2.45) is 5.73 Å². The second-order valence-corrected chi connectivity index (χ2v) is 5.46. The van der Waals surface area contributed by atoms with Gasteiger partial charge in [0.1, 0.15) is 0 Å². The molecule has 19 heavy (non-hydrogen) atoms. The lowest BCUT2D eigenvalue weighted by Gasteiger charge is -2.36. The summed E-state index contributed by atoms with van der Waals surface area (Å²) in [5, 5.41) is 9.71. The minimum absolute atomic E-state index is 0.00736. The maximum Gasteiger partial charge on any atom is 0.0642 e. The molecule has 2 rings (SSSR count). The molecule has 1 saturated heterocycles. The summed E-state index contributed by atoms with van der Waals surface area (Å²) < 4.78 is 0. The highest BCUT2D eigenvalue weighted by atomic mass is 35.5. The molecule has 0 saturated carbocycles. The van der Waals surface area contributed by atoms with Crippen molar-refractivity contribution < 1.29 is 5.11 Å². The Morgan fingerprint density at radius 2 is 2.00 bits per heavy atom. The SMILES string of the molecule is C[C@H](N)c1ccc(N2CCN(CCO)CC2)c(Cl)c1. The van der Waals surface area contributed by atoms with Crippen LogP contribution in [-0.2, 0) is 0 Å². The molecule has 0 unspecified atom stereocenters. The van der Waals surface area contributed by atoms with Crippen molar-refractivity contribution in [2.75, 3.05) is 44.2 Å². The fraction of sp³-hybridized carbons (Fsp3) is 0.571. The van der Waals surface area contributed by atoms with Crippen LogP contribution in [0.1, 0.15) is 18.5 Å². The van der Waals surface area contributed by atoms with Crippen LogP contribution < -0.4 is 10.6 Å². The van der Waals surface area contributed by atoms with Crippen LogP contribution in [0.4, 0.5) is 5.69 Å². The Morgan fingerprint density at radius 1 is 1.32 bits per heavy atom. The first-order valence-corrected chi connectivity index (χ1v) is 7.13. The summed E-state index contributed by atoms with van der Waals surface area (Å²) in [6.07, 6.45) is 0. The van der Waals surface area contributed by atoms with Crippen molar-refractivity contribution in [3.8, 4) is 0 Å². The number of anilines is 1. The monoisotopic (exact) mass is 283 g/mol. The molecule has 1 aromatic rings. The van der Waals surface area contributed by atoms with Gasteiger partial charge in [-0.15, -0.1) is 0 Å². The number of aliphatic hydroxyl groups excluding tert-OH is 1. The third-order valence-corrected chi connectivity index (χ3v) is 3.93. The van der Waals surface area contributed by atoms with Crippen molar-refractivity contribution in [2.45, 2.75) is 13.0 Å². The maximum atomic E-state index is 8.94. The number of aliphatic hydroxyl groups is 1. The van der Waals surface area contributed by atoms with Gasteiger partial charge >= 0.3 is 0 Å². The summed E-state index contributed by atoms with van der Waals surface area (Å²) in [5.74, 6) is 0. The van der Waals surface area contributed by atoms with Crippen molar-refractivity contribution >= 4 is 17.3 Å². The lowest BCUT2D eigenvalue weighted by atomic mass is 10.1. The Balaban J connectivity index is 2.03. The number of nitrogens with zero attached hydrogens (tertiary/aromatic N) is 2. The van der Waals surface area contributed by atoms with Gasteiger partial charge in [0.2, 0.25) is 0 Å². The van der Waals surface area contributed by atoms with Crippen LogP contribution >= 0.6 is 11.6 Å². The largest absolute Gasteiger partial charge is 0.395 e. The van der Waals surface area contributed by atoms with E-state index in [0.717, 1.165) is 49.0 Å². The van der Waals surface area contributed by atoms with Crippen LogP contribution in [0, 0.1) is 0 Å². The number of benzene rings is 1. The first kappa shape index (κ1) is 14.6. The topological polar surface area (TPSA) is 52.7 Å². The Labute approximate surface area is 119 Å². The summed E-state index contributed by atoms with van der Waals surface area (Å²) in [5.41, 5.74) is 8.00. The molecule has 4 nitrogen and oxygen atoms in total. The second-order valence-electron chi connectivity index (χ2n) is 5.05. The van der Waals surface area contributed by atoms with E-state index in [1.165, 1.54) is 0 Å². The normalized spacial score (nSPS) is 18.6. The highest BCUT2D eigenvalue weighted by Gasteiger charge is 2.18. The van der Waals surface area contributed by atoms with Gasteiger partial charge in [-0.25, -0.2) is 0 Å². The maximum absolute atomic E-state index is 8.94. The van der Waals surface area contributed by atoms with E-state index in [4.69, 9.17) is 22.4 Å². The summed E-state index contributed by atoms with van der Waals surface area (Å²) in [6.45, 7) is 6.75. The molecule has 0 bridgehead atoms. The summed E-state index contributed by atoms with van der Waals surface area (Å²) in [4.78, 5) is 4.56. The molecule has 106 valence electrons. The lowest BCUT2D eigenvalue weighted by molar-refractivity contribution is 0.189. The molecule has 1 aliphatic rings. The number of piperazine rings is 1. The first-order chi connectivity index (χ1) is 9.11. The quantitative estimate of drug-likeness (QED) is 0.879. The third-order valence-electron chi connectivity index (χ3n) is 3.63. The molecular formula is C14H22ClN3O. The Kier molecular flexibility index (Phi) is 5.05. The van der Waals surface area contributed by atoms with Crippen LogP contribution in [0.3, 0.4) is 0 Å². The molecule has 0 radical (unpaired) electrons. The van der Waals surface area contributed by atoms with Crippen LogP contribution in [0.25, 0.3) is 0 Å². The predicted octanol–water partition coefficient (Wildman–Crippen LogP) is 1.47. The van der Waals surface area contributed by atoms with E-state index in [1.807, 2.05) is 19.1 Å². The molecule has 1 fully saturated rings. The highest BCUT2D eigenvalue weighted by Crippen LogP contribution is 2.29. The number of hydrogen-bond donors (Lipinski definition) is 2.